The molecule has 0 saturated heterocycles. The molecule has 262 valence electrons. The molecule has 2 rings (SSSR count). The van der Waals surface area contributed by atoms with Gasteiger partial charge in [-0.15, -0.1) is 0 Å². The first-order valence-electron chi connectivity index (χ1n) is 14.9. The highest BCUT2D eigenvalue weighted by Crippen LogP contribution is 2.30. The van der Waals surface area contributed by atoms with E-state index in [1.54, 1.807) is 68.4 Å². The molecule has 0 bridgehead atoms. The van der Waals surface area contributed by atoms with Crippen LogP contribution in [-0.4, -0.2) is 85.5 Å². The number of sulfonamides is 1. The second kappa shape index (κ2) is 15.6. The summed E-state index contributed by atoms with van der Waals surface area (Å²) in [7, 11) is -2.78. The molecule has 0 spiro atoms. The van der Waals surface area contributed by atoms with E-state index in [1.807, 2.05) is 0 Å². The van der Waals surface area contributed by atoms with Gasteiger partial charge in [-0.2, -0.15) is 0 Å². The van der Waals surface area contributed by atoms with Crippen molar-refractivity contribution in [2.24, 2.45) is 9.98 Å². The maximum Gasteiger partial charge on any atom is 0.414 e. The van der Waals surface area contributed by atoms with Crippen LogP contribution in [0.15, 0.2) is 32.7 Å². The summed E-state index contributed by atoms with van der Waals surface area (Å²) in [5, 5.41) is 25.3. The molecule has 15 nitrogen and oxygen atoms in total. The molecule has 16 heteroatoms. The first-order valence-corrected chi connectivity index (χ1v) is 16.4. The summed E-state index contributed by atoms with van der Waals surface area (Å²) in [6.45, 7) is 14.9. The van der Waals surface area contributed by atoms with Gasteiger partial charge in [0.15, 0.2) is 0 Å². The van der Waals surface area contributed by atoms with E-state index >= 15 is 0 Å². The maximum absolute atomic E-state index is 13.6. The molecule has 1 aromatic carbocycles. The number of aliphatic imine (C=N–C) groups is 2. The number of aliphatic carboxylic acids is 1. The van der Waals surface area contributed by atoms with Crippen molar-refractivity contribution < 1.29 is 47.2 Å². The largest absolute Gasteiger partial charge is 0.496 e. The van der Waals surface area contributed by atoms with Crippen LogP contribution in [0.3, 0.4) is 0 Å². The van der Waals surface area contributed by atoms with Crippen LogP contribution in [0.2, 0.25) is 0 Å². The Morgan fingerprint density at radius 3 is 2.15 bits per heavy atom. The molecule has 0 saturated carbocycles. The summed E-state index contributed by atoms with van der Waals surface area (Å²) in [6, 6.07) is 0.633. The molecule has 0 fully saturated rings. The lowest BCUT2D eigenvalue weighted by atomic mass is 9.98. The minimum atomic E-state index is -4.27. The number of rotatable bonds is 11. The molecule has 0 aliphatic carbocycles. The van der Waals surface area contributed by atoms with Crippen molar-refractivity contribution in [1.82, 2.24) is 15.4 Å². The number of ether oxygens (including phenoxy) is 3. The molecule has 0 aromatic heterocycles. The van der Waals surface area contributed by atoms with Crippen molar-refractivity contribution >= 4 is 39.9 Å². The lowest BCUT2D eigenvalue weighted by molar-refractivity contribution is -0.132. The number of alkyl carbamates (subject to hydrolysis) is 2. The Bertz CT molecular complexity index is 1550. The number of carboxylic acid groups (broad SMARTS) is 1. The Kier molecular flexibility index (Phi) is 13.0. The molecule has 1 aromatic rings. The molecule has 1 aliphatic heterocycles. The smallest absolute Gasteiger partial charge is 0.414 e. The second-order valence-electron chi connectivity index (χ2n) is 13.0. The molecule has 47 heavy (non-hydrogen) atoms. The fourth-order valence-electron chi connectivity index (χ4n) is 4.58. The average Bonchev–Trinajstić information content (AvgIpc) is 3.40. The van der Waals surface area contributed by atoms with Gasteiger partial charge in [0.25, 0.3) is 10.0 Å². The van der Waals surface area contributed by atoms with Gasteiger partial charge in [-0.05, 0) is 97.9 Å². The van der Waals surface area contributed by atoms with E-state index in [2.05, 4.69) is 25.3 Å². The van der Waals surface area contributed by atoms with Crippen molar-refractivity contribution in [3.05, 3.63) is 34.5 Å². The zero-order valence-electron chi connectivity index (χ0n) is 28.6. The minimum absolute atomic E-state index is 0.00841. The maximum atomic E-state index is 13.6. The quantitative estimate of drug-likeness (QED) is 0.130. The summed E-state index contributed by atoms with van der Waals surface area (Å²) in [5.74, 6) is -1.06. The van der Waals surface area contributed by atoms with Crippen molar-refractivity contribution in [3.63, 3.8) is 0 Å². The summed E-state index contributed by atoms with van der Waals surface area (Å²) >= 11 is 0. The Morgan fingerprint density at radius 1 is 1.02 bits per heavy atom. The Morgan fingerprint density at radius 2 is 1.62 bits per heavy atom. The molecule has 1 heterocycles. The zero-order chi connectivity index (χ0) is 35.9. The topological polar surface area (TPSA) is 214 Å². The average molecular weight is 682 g/mol. The normalized spacial score (nSPS) is 15.2. The first kappa shape index (κ1) is 39.0. The van der Waals surface area contributed by atoms with Crippen molar-refractivity contribution in [2.75, 3.05) is 13.7 Å². The molecule has 1 unspecified atom stereocenters. The zero-order valence-corrected chi connectivity index (χ0v) is 29.4. The molecule has 2 amide bonds. The number of aliphatic hydroxyl groups excluding tert-OH is 1. The SMILES string of the molecule is COc1cc(C)c(S(=O)(=O)NC(=NCCC[C@H](NC(=O)OC(C)(C)C)C(O)C2=NC=C(C(=O)O)C2)NC(=O)OC(C)(C)C)c(C)c1C. The molecule has 2 atom stereocenters. The van der Waals surface area contributed by atoms with Gasteiger partial charge in [-0.25, -0.2) is 27.5 Å². The van der Waals surface area contributed by atoms with Crippen LogP contribution in [0, 0.1) is 20.8 Å². The molecule has 0 radical (unpaired) electrons. The van der Waals surface area contributed by atoms with Gasteiger partial charge < -0.3 is 29.7 Å². The van der Waals surface area contributed by atoms with Gasteiger partial charge in [-0.3, -0.25) is 15.3 Å². The van der Waals surface area contributed by atoms with E-state index in [4.69, 9.17) is 14.2 Å². The summed E-state index contributed by atoms with van der Waals surface area (Å²) in [6.07, 6.45) is -1.82. The highest BCUT2D eigenvalue weighted by molar-refractivity contribution is 7.90. The third-order valence-electron chi connectivity index (χ3n) is 6.72. The third-order valence-corrected chi connectivity index (χ3v) is 8.35. The number of nitrogens with one attached hydrogen (secondary N) is 3. The van der Waals surface area contributed by atoms with E-state index < -0.39 is 57.5 Å². The highest BCUT2D eigenvalue weighted by atomic mass is 32.2. The molecule has 5 N–H and O–H groups in total. The van der Waals surface area contributed by atoms with Crippen LogP contribution in [0.1, 0.15) is 77.5 Å². The fourth-order valence-corrected chi connectivity index (χ4v) is 6.10. The van der Waals surface area contributed by atoms with Crippen LogP contribution < -0.4 is 20.1 Å². The molecular weight excluding hydrogens is 634 g/mol. The number of hydrogen-bond donors (Lipinski definition) is 5. The number of benzene rings is 1. The predicted molar refractivity (Wildman–Crippen MR) is 175 cm³/mol. The van der Waals surface area contributed by atoms with Crippen molar-refractivity contribution in [3.8, 4) is 5.75 Å². The van der Waals surface area contributed by atoms with Gasteiger partial charge in [0.1, 0.15) is 23.1 Å². The number of carboxylic acids is 1. The van der Waals surface area contributed by atoms with Crippen LogP contribution in [-0.2, 0) is 24.3 Å². The van der Waals surface area contributed by atoms with E-state index in [-0.39, 0.29) is 42.0 Å². The number of hydrogen-bond acceptors (Lipinski definition) is 11. The summed E-state index contributed by atoms with van der Waals surface area (Å²) in [4.78, 5) is 44.8. The number of nitrogens with zero attached hydrogens (tertiary/aromatic N) is 2. The number of amides is 2. The van der Waals surface area contributed by atoms with Crippen LogP contribution in [0.5, 0.6) is 5.75 Å². The highest BCUT2D eigenvalue weighted by Gasteiger charge is 2.31. The Labute approximate surface area is 275 Å². The second-order valence-corrected chi connectivity index (χ2v) is 14.7. The molecule has 1 aliphatic rings. The monoisotopic (exact) mass is 681 g/mol. The van der Waals surface area contributed by atoms with Crippen LogP contribution in [0.25, 0.3) is 0 Å². The number of carbonyl (C=O) groups is 3. The van der Waals surface area contributed by atoms with Crippen LogP contribution in [0.4, 0.5) is 9.59 Å². The lowest BCUT2D eigenvalue weighted by Gasteiger charge is -2.27. The molecular formula is C31H47N5O10S. The first-order chi connectivity index (χ1) is 21.5. The Hall–Kier alpha value is -4.18. The van der Waals surface area contributed by atoms with Gasteiger partial charge in [0, 0.05) is 19.2 Å². The van der Waals surface area contributed by atoms with Gasteiger partial charge in [0.05, 0.1) is 29.3 Å². The van der Waals surface area contributed by atoms with Crippen LogP contribution >= 0.6 is 0 Å². The number of methoxy groups -OCH3 is 1. The fraction of sp³-hybridized carbons (Fsp3) is 0.581. The van der Waals surface area contributed by atoms with Crippen molar-refractivity contribution in [2.45, 2.75) is 110 Å². The number of aliphatic hydroxyl groups is 1. The van der Waals surface area contributed by atoms with Gasteiger partial charge in [0.2, 0.25) is 5.96 Å². The van der Waals surface area contributed by atoms with Crippen molar-refractivity contribution in [1.29, 1.82) is 0 Å². The number of aryl methyl sites for hydroxylation is 1. The summed E-state index contributed by atoms with van der Waals surface area (Å²) in [5.41, 5.74) is -0.0956. The number of carbonyl (C=O) groups excluding carboxylic acids is 2. The van der Waals surface area contributed by atoms with E-state index in [0.29, 0.717) is 22.4 Å². The number of guanidine groups is 1. The lowest BCUT2D eigenvalue weighted by Crippen LogP contribution is -2.48. The summed E-state index contributed by atoms with van der Waals surface area (Å²) < 4.78 is 45.5. The standard InChI is InChI=1S/C31H47N5O10S/c1-17-14-23(44-10)18(2)19(3)25(17)47(42,43)36-27(35-29(41)46-31(7,8)9)32-13-11-12-21(34-28(40)45-30(4,5)6)24(37)22-15-20(16-33-22)26(38)39/h14,16,21,24,37H,11-13,15H2,1-10H3,(H,34,40)(H,38,39)(H2,32,35,36,41)/t21-,24?/m0/s1. The minimum Gasteiger partial charge on any atom is -0.496 e. The predicted octanol–water partition coefficient (Wildman–Crippen LogP) is 3.63. The Balaban J connectivity index is 2.33. The van der Waals surface area contributed by atoms with E-state index in [0.717, 1.165) is 6.20 Å². The third kappa shape index (κ3) is 11.8. The van der Waals surface area contributed by atoms with E-state index in [1.165, 1.54) is 7.11 Å². The van der Waals surface area contributed by atoms with Gasteiger partial charge in [-0.1, -0.05) is 0 Å². The van der Waals surface area contributed by atoms with E-state index in [9.17, 15) is 33.0 Å². The van der Waals surface area contributed by atoms with Gasteiger partial charge >= 0.3 is 18.2 Å².